The highest BCUT2D eigenvalue weighted by molar-refractivity contribution is 5.94. The van der Waals surface area contributed by atoms with Crippen LogP contribution < -0.4 is 10.1 Å². The summed E-state index contributed by atoms with van der Waals surface area (Å²) in [5.74, 6) is 0.975. The molecule has 0 bridgehead atoms. The topological polar surface area (TPSA) is 76.5 Å². The first-order valence-electron chi connectivity index (χ1n) is 10.4. The number of carbonyl (C=O) groups is 2. The standard InChI is InChI=1S/C24H28N4O3/c1-4-15-27(24(30)5-2)17-23(29)25-22-16-21(18-9-7-6-8-10-18)26-28(22)19-11-13-20(31-3)14-12-19/h6-14,16H,4-5,15,17H2,1-3H3,(H,25,29). The minimum atomic E-state index is -0.260. The van der Waals surface area contributed by atoms with Gasteiger partial charge in [0.25, 0.3) is 0 Å². The summed E-state index contributed by atoms with van der Waals surface area (Å²) in [6.45, 7) is 4.34. The Kier molecular flexibility index (Phi) is 7.43. The molecular formula is C24H28N4O3. The van der Waals surface area contributed by atoms with Crippen LogP contribution in [0.2, 0.25) is 0 Å². The Morgan fingerprint density at radius 2 is 1.77 bits per heavy atom. The number of nitrogens with one attached hydrogen (secondary N) is 1. The number of carbonyl (C=O) groups excluding carboxylic acids is 2. The molecule has 2 aromatic carbocycles. The molecule has 7 nitrogen and oxygen atoms in total. The van der Waals surface area contributed by atoms with Gasteiger partial charge in [-0.25, -0.2) is 4.68 Å². The molecule has 0 aliphatic rings. The number of benzene rings is 2. The van der Waals surface area contributed by atoms with Crippen LogP contribution in [-0.4, -0.2) is 46.7 Å². The van der Waals surface area contributed by atoms with Crippen molar-refractivity contribution in [1.29, 1.82) is 0 Å². The van der Waals surface area contributed by atoms with E-state index < -0.39 is 0 Å². The van der Waals surface area contributed by atoms with E-state index >= 15 is 0 Å². The molecule has 0 saturated carbocycles. The van der Waals surface area contributed by atoms with Gasteiger partial charge in [0, 0.05) is 24.6 Å². The molecule has 2 amide bonds. The highest BCUT2D eigenvalue weighted by Crippen LogP contribution is 2.25. The second-order valence-electron chi connectivity index (χ2n) is 7.11. The van der Waals surface area contributed by atoms with Crippen LogP contribution in [0.3, 0.4) is 0 Å². The molecule has 31 heavy (non-hydrogen) atoms. The van der Waals surface area contributed by atoms with E-state index in [2.05, 4.69) is 5.32 Å². The van der Waals surface area contributed by atoms with Gasteiger partial charge in [0.1, 0.15) is 11.6 Å². The van der Waals surface area contributed by atoms with Crippen LogP contribution in [0.4, 0.5) is 5.82 Å². The molecule has 0 spiro atoms. The van der Waals surface area contributed by atoms with Crippen molar-refractivity contribution in [3.8, 4) is 22.7 Å². The Morgan fingerprint density at radius 1 is 1.06 bits per heavy atom. The van der Waals surface area contributed by atoms with Crippen molar-refractivity contribution in [3.05, 3.63) is 60.7 Å². The number of hydrogen-bond donors (Lipinski definition) is 1. The van der Waals surface area contributed by atoms with Crippen molar-refractivity contribution >= 4 is 17.6 Å². The number of methoxy groups -OCH3 is 1. The third-order valence-electron chi connectivity index (χ3n) is 4.85. The van der Waals surface area contributed by atoms with Crippen LogP contribution in [0, 0.1) is 0 Å². The molecular weight excluding hydrogens is 392 g/mol. The molecule has 0 unspecified atom stereocenters. The normalized spacial score (nSPS) is 10.5. The minimum absolute atomic E-state index is 0.00890. The lowest BCUT2D eigenvalue weighted by Gasteiger charge is -2.21. The first kappa shape index (κ1) is 22.1. The zero-order chi connectivity index (χ0) is 22.2. The zero-order valence-electron chi connectivity index (χ0n) is 18.2. The van der Waals surface area contributed by atoms with Gasteiger partial charge in [-0.2, -0.15) is 5.10 Å². The Morgan fingerprint density at radius 3 is 2.39 bits per heavy atom. The Hall–Kier alpha value is -3.61. The van der Waals surface area contributed by atoms with Crippen molar-refractivity contribution in [2.24, 2.45) is 0 Å². The van der Waals surface area contributed by atoms with E-state index in [0.29, 0.717) is 18.8 Å². The average molecular weight is 421 g/mol. The fourth-order valence-electron chi connectivity index (χ4n) is 3.28. The van der Waals surface area contributed by atoms with E-state index in [1.807, 2.05) is 67.6 Å². The van der Waals surface area contributed by atoms with Crippen LogP contribution in [0.1, 0.15) is 26.7 Å². The monoisotopic (exact) mass is 420 g/mol. The second-order valence-corrected chi connectivity index (χ2v) is 7.11. The van der Waals surface area contributed by atoms with Gasteiger partial charge < -0.3 is 15.0 Å². The maximum atomic E-state index is 12.8. The molecule has 0 radical (unpaired) electrons. The van der Waals surface area contributed by atoms with Gasteiger partial charge in [-0.15, -0.1) is 0 Å². The van der Waals surface area contributed by atoms with Gasteiger partial charge in [0.2, 0.25) is 11.8 Å². The molecule has 1 heterocycles. The van der Waals surface area contributed by atoms with Gasteiger partial charge in [-0.1, -0.05) is 44.2 Å². The molecule has 0 fully saturated rings. The minimum Gasteiger partial charge on any atom is -0.497 e. The van der Waals surface area contributed by atoms with E-state index in [9.17, 15) is 9.59 Å². The van der Waals surface area contributed by atoms with E-state index in [0.717, 1.165) is 29.1 Å². The summed E-state index contributed by atoms with van der Waals surface area (Å²) in [6.07, 6.45) is 1.16. The summed E-state index contributed by atoms with van der Waals surface area (Å²) in [5.41, 5.74) is 2.47. The predicted octanol–water partition coefficient (Wildman–Crippen LogP) is 4.14. The maximum Gasteiger partial charge on any atom is 0.245 e. The lowest BCUT2D eigenvalue weighted by Crippen LogP contribution is -2.38. The molecule has 0 aliphatic heterocycles. The summed E-state index contributed by atoms with van der Waals surface area (Å²) >= 11 is 0. The van der Waals surface area contributed by atoms with E-state index in [4.69, 9.17) is 9.84 Å². The van der Waals surface area contributed by atoms with Crippen LogP contribution in [-0.2, 0) is 9.59 Å². The van der Waals surface area contributed by atoms with Crippen molar-refractivity contribution in [2.45, 2.75) is 26.7 Å². The predicted molar refractivity (Wildman–Crippen MR) is 121 cm³/mol. The number of nitrogens with zero attached hydrogens (tertiary/aromatic N) is 3. The summed E-state index contributed by atoms with van der Waals surface area (Å²) in [7, 11) is 1.61. The molecule has 0 aliphatic carbocycles. The van der Waals surface area contributed by atoms with Crippen molar-refractivity contribution in [3.63, 3.8) is 0 Å². The Labute approximate surface area is 182 Å². The van der Waals surface area contributed by atoms with Gasteiger partial charge >= 0.3 is 0 Å². The average Bonchev–Trinajstić information content (AvgIpc) is 3.22. The molecule has 3 aromatic rings. The summed E-state index contributed by atoms with van der Waals surface area (Å²) in [6, 6.07) is 19.0. The van der Waals surface area contributed by atoms with Crippen LogP contribution in [0.15, 0.2) is 60.7 Å². The number of hydrogen-bond acceptors (Lipinski definition) is 4. The smallest absolute Gasteiger partial charge is 0.245 e. The molecule has 0 saturated heterocycles. The maximum absolute atomic E-state index is 12.8. The fraction of sp³-hybridized carbons (Fsp3) is 0.292. The van der Waals surface area contributed by atoms with E-state index in [-0.39, 0.29) is 18.4 Å². The summed E-state index contributed by atoms with van der Waals surface area (Å²) in [4.78, 5) is 26.5. The summed E-state index contributed by atoms with van der Waals surface area (Å²) < 4.78 is 6.92. The van der Waals surface area contributed by atoms with Crippen molar-refractivity contribution < 1.29 is 14.3 Å². The number of anilines is 1. The number of ether oxygens (including phenoxy) is 1. The van der Waals surface area contributed by atoms with Crippen LogP contribution in [0.5, 0.6) is 5.75 Å². The first-order chi connectivity index (χ1) is 15.0. The molecule has 162 valence electrons. The molecule has 3 rings (SSSR count). The highest BCUT2D eigenvalue weighted by atomic mass is 16.5. The van der Waals surface area contributed by atoms with Crippen LogP contribution >= 0.6 is 0 Å². The van der Waals surface area contributed by atoms with Gasteiger partial charge in [0.15, 0.2) is 0 Å². The zero-order valence-corrected chi connectivity index (χ0v) is 18.2. The third kappa shape index (κ3) is 5.51. The molecule has 0 atom stereocenters. The quantitative estimate of drug-likeness (QED) is 0.565. The number of aromatic nitrogens is 2. The Bertz CT molecular complexity index is 1010. The lowest BCUT2D eigenvalue weighted by atomic mass is 10.1. The van der Waals surface area contributed by atoms with Gasteiger partial charge in [-0.05, 0) is 30.7 Å². The number of amides is 2. The largest absolute Gasteiger partial charge is 0.497 e. The SMILES string of the molecule is CCCN(CC(=O)Nc1cc(-c2ccccc2)nn1-c1ccc(OC)cc1)C(=O)CC. The summed E-state index contributed by atoms with van der Waals surface area (Å²) in [5, 5.41) is 7.64. The lowest BCUT2D eigenvalue weighted by molar-refractivity contribution is -0.134. The van der Waals surface area contributed by atoms with E-state index in [1.165, 1.54) is 0 Å². The molecule has 7 heteroatoms. The Balaban J connectivity index is 1.90. The van der Waals surface area contributed by atoms with Gasteiger partial charge in [-0.3, -0.25) is 9.59 Å². The van der Waals surface area contributed by atoms with Crippen molar-refractivity contribution in [2.75, 3.05) is 25.5 Å². The number of rotatable bonds is 9. The van der Waals surface area contributed by atoms with Crippen LogP contribution in [0.25, 0.3) is 16.9 Å². The molecule has 1 N–H and O–H groups in total. The third-order valence-corrected chi connectivity index (χ3v) is 4.85. The fourth-order valence-corrected chi connectivity index (χ4v) is 3.28. The highest BCUT2D eigenvalue weighted by Gasteiger charge is 2.18. The second kappa shape index (κ2) is 10.4. The van der Waals surface area contributed by atoms with E-state index in [1.54, 1.807) is 23.6 Å². The molecule has 1 aromatic heterocycles. The van der Waals surface area contributed by atoms with Gasteiger partial charge in [0.05, 0.1) is 25.0 Å². The van der Waals surface area contributed by atoms with Crippen molar-refractivity contribution in [1.82, 2.24) is 14.7 Å². The first-order valence-corrected chi connectivity index (χ1v) is 10.4.